The zero-order valence-electron chi connectivity index (χ0n) is 14.6. The molecule has 26 heavy (non-hydrogen) atoms. The third-order valence-corrected chi connectivity index (χ3v) is 4.90. The third-order valence-electron chi connectivity index (χ3n) is 4.90. The predicted molar refractivity (Wildman–Crippen MR) is 98.8 cm³/mol. The Kier molecular flexibility index (Phi) is 5.52. The quantitative estimate of drug-likeness (QED) is 0.654. The highest BCUT2D eigenvalue weighted by atomic mass is 16.5. The SMILES string of the molecule is CCOC(=O)[C@H]1[C@@H](C(=O)O)[C@@H](c2ccccc2)C=C[C@H]1c1ccccc1. The van der Waals surface area contributed by atoms with Gasteiger partial charge in [-0.2, -0.15) is 0 Å². The molecule has 0 fully saturated rings. The first-order valence-electron chi connectivity index (χ1n) is 8.81. The fourth-order valence-electron chi connectivity index (χ4n) is 3.75. The van der Waals surface area contributed by atoms with Gasteiger partial charge >= 0.3 is 11.9 Å². The second-order valence-corrected chi connectivity index (χ2v) is 6.40. The molecule has 0 spiro atoms. The van der Waals surface area contributed by atoms with Crippen molar-refractivity contribution in [3.8, 4) is 0 Å². The Morgan fingerprint density at radius 1 is 0.846 bits per heavy atom. The van der Waals surface area contributed by atoms with Crippen molar-refractivity contribution in [2.75, 3.05) is 6.61 Å². The summed E-state index contributed by atoms with van der Waals surface area (Å²) in [5.74, 6) is -3.79. The van der Waals surface area contributed by atoms with Crippen molar-refractivity contribution in [2.45, 2.75) is 18.8 Å². The first kappa shape index (κ1) is 17.9. The fraction of sp³-hybridized carbons (Fsp3) is 0.273. The first-order valence-corrected chi connectivity index (χ1v) is 8.81. The molecule has 0 bridgehead atoms. The van der Waals surface area contributed by atoms with Crippen molar-refractivity contribution in [2.24, 2.45) is 11.8 Å². The minimum Gasteiger partial charge on any atom is -0.481 e. The molecule has 2 aromatic rings. The Balaban J connectivity index is 2.09. The molecule has 0 amide bonds. The van der Waals surface area contributed by atoms with Gasteiger partial charge in [0.15, 0.2) is 0 Å². The summed E-state index contributed by atoms with van der Waals surface area (Å²) in [4.78, 5) is 24.9. The van der Waals surface area contributed by atoms with E-state index in [1.54, 1.807) is 6.92 Å². The standard InChI is InChI=1S/C22H22O4/c1-2-26-22(25)20-18(16-11-7-4-8-12-16)14-13-17(19(20)21(23)24)15-9-5-3-6-10-15/h3-14,17-20H,2H2,1H3,(H,23,24)/t17-,18+,19+,20-/m1/s1. The number of hydrogen-bond acceptors (Lipinski definition) is 3. The van der Waals surface area contributed by atoms with Crippen molar-refractivity contribution in [1.29, 1.82) is 0 Å². The number of ether oxygens (including phenoxy) is 1. The van der Waals surface area contributed by atoms with E-state index >= 15 is 0 Å². The lowest BCUT2D eigenvalue weighted by molar-refractivity contribution is -0.159. The maximum Gasteiger partial charge on any atom is 0.310 e. The molecule has 1 aliphatic carbocycles. The van der Waals surface area contributed by atoms with Crippen LogP contribution in [0, 0.1) is 11.8 Å². The molecule has 1 N–H and O–H groups in total. The van der Waals surface area contributed by atoms with E-state index < -0.39 is 23.8 Å². The van der Waals surface area contributed by atoms with Crippen molar-refractivity contribution >= 4 is 11.9 Å². The number of aliphatic carboxylic acids is 1. The average Bonchev–Trinajstić information content (AvgIpc) is 2.68. The second-order valence-electron chi connectivity index (χ2n) is 6.40. The molecule has 0 saturated carbocycles. The third kappa shape index (κ3) is 3.54. The van der Waals surface area contributed by atoms with Crippen LogP contribution in [0.5, 0.6) is 0 Å². The number of carbonyl (C=O) groups is 2. The van der Waals surface area contributed by atoms with Crippen LogP contribution in [0.1, 0.15) is 29.9 Å². The van der Waals surface area contributed by atoms with E-state index in [0.29, 0.717) is 0 Å². The smallest absolute Gasteiger partial charge is 0.310 e. The van der Waals surface area contributed by atoms with Crippen molar-refractivity contribution in [3.63, 3.8) is 0 Å². The Morgan fingerprint density at radius 2 is 1.31 bits per heavy atom. The number of esters is 1. The number of carboxylic acid groups (broad SMARTS) is 1. The van der Waals surface area contributed by atoms with Crippen LogP contribution in [0.15, 0.2) is 72.8 Å². The lowest BCUT2D eigenvalue weighted by Gasteiger charge is -2.36. The lowest BCUT2D eigenvalue weighted by Crippen LogP contribution is -2.40. The summed E-state index contributed by atoms with van der Waals surface area (Å²) in [7, 11) is 0. The zero-order valence-corrected chi connectivity index (χ0v) is 14.6. The van der Waals surface area contributed by atoms with Gasteiger partial charge in [0.25, 0.3) is 0 Å². The van der Waals surface area contributed by atoms with Crippen molar-refractivity contribution in [1.82, 2.24) is 0 Å². The molecule has 134 valence electrons. The highest BCUT2D eigenvalue weighted by Gasteiger charge is 2.46. The molecule has 4 nitrogen and oxygen atoms in total. The van der Waals surface area contributed by atoms with Crippen LogP contribution in [0.25, 0.3) is 0 Å². The number of benzene rings is 2. The number of carbonyl (C=O) groups excluding carboxylic acids is 1. The molecule has 0 unspecified atom stereocenters. The maximum absolute atomic E-state index is 12.8. The molecule has 0 heterocycles. The van der Waals surface area contributed by atoms with Gasteiger partial charge in [-0.1, -0.05) is 72.8 Å². The summed E-state index contributed by atoms with van der Waals surface area (Å²) in [6.07, 6.45) is 3.87. The van der Waals surface area contributed by atoms with E-state index in [1.807, 2.05) is 72.8 Å². The van der Waals surface area contributed by atoms with E-state index in [2.05, 4.69) is 0 Å². The summed E-state index contributed by atoms with van der Waals surface area (Å²) < 4.78 is 5.26. The van der Waals surface area contributed by atoms with Gasteiger partial charge in [-0.05, 0) is 18.1 Å². The van der Waals surface area contributed by atoms with Gasteiger partial charge in [-0.15, -0.1) is 0 Å². The molecule has 0 saturated heterocycles. The van der Waals surface area contributed by atoms with Gasteiger partial charge in [0, 0.05) is 11.8 Å². The van der Waals surface area contributed by atoms with Crippen molar-refractivity contribution in [3.05, 3.63) is 83.9 Å². The van der Waals surface area contributed by atoms with E-state index in [4.69, 9.17) is 4.74 Å². The fourth-order valence-corrected chi connectivity index (χ4v) is 3.75. The summed E-state index contributed by atoms with van der Waals surface area (Å²) in [5, 5.41) is 9.98. The van der Waals surface area contributed by atoms with Crippen LogP contribution < -0.4 is 0 Å². The van der Waals surface area contributed by atoms with E-state index in [9.17, 15) is 14.7 Å². The predicted octanol–water partition coefficient (Wildman–Crippen LogP) is 4.00. The molecule has 0 radical (unpaired) electrons. The summed E-state index contributed by atoms with van der Waals surface area (Å²) in [6.45, 7) is 1.96. The van der Waals surface area contributed by atoms with Crippen LogP contribution in [0.3, 0.4) is 0 Å². The Bertz CT molecular complexity index is 782. The van der Waals surface area contributed by atoms with Gasteiger partial charge in [-0.3, -0.25) is 9.59 Å². The minimum absolute atomic E-state index is 0.225. The molecule has 0 aromatic heterocycles. The summed E-state index contributed by atoms with van der Waals surface area (Å²) >= 11 is 0. The number of allylic oxidation sites excluding steroid dienone is 2. The van der Waals surface area contributed by atoms with Crippen molar-refractivity contribution < 1.29 is 19.4 Å². The number of hydrogen-bond donors (Lipinski definition) is 1. The molecular weight excluding hydrogens is 328 g/mol. The van der Waals surface area contributed by atoms with E-state index in [-0.39, 0.29) is 18.4 Å². The molecule has 4 heteroatoms. The number of carboxylic acids is 1. The van der Waals surface area contributed by atoms with Gasteiger partial charge in [0.2, 0.25) is 0 Å². The zero-order chi connectivity index (χ0) is 18.5. The second kappa shape index (κ2) is 8.00. The van der Waals surface area contributed by atoms with Crippen LogP contribution in [-0.4, -0.2) is 23.7 Å². The monoisotopic (exact) mass is 350 g/mol. The highest BCUT2D eigenvalue weighted by molar-refractivity contribution is 5.84. The average molecular weight is 350 g/mol. The van der Waals surface area contributed by atoms with Crippen LogP contribution in [-0.2, 0) is 14.3 Å². The van der Waals surface area contributed by atoms with Gasteiger partial charge in [0.1, 0.15) is 0 Å². The van der Waals surface area contributed by atoms with Crippen LogP contribution in [0.4, 0.5) is 0 Å². The van der Waals surface area contributed by atoms with E-state index in [0.717, 1.165) is 11.1 Å². The first-order chi connectivity index (χ1) is 12.6. The topological polar surface area (TPSA) is 63.6 Å². The molecule has 0 aliphatic heterocycles. The molecule has 3 rings (SSSR count). The molecule has 4 atom stereocenters. The van der Waals surface area contributed by atoms with Gasteiger partial charge < -0.3 is 9.84 Å². The Labute approximate surface area is 153 Å². The summed E-state index contributed by atoms with van der Waals surface area (Å²) in [6, 6.07) is 19.0. The van der Waals surface area contributed by atoms with Crippen LogP contribution in [0.2, 0.25) is 0 Å². The van der Waals surface area contributed by atoms with Crippen LogP contribution >= 0.6 is 0 Å². The number of rotatable bonds is 5. The normalized spacial score (nSPS) is 24.8. The molecule has 1 aliphatic rings. The maximum atomic E-state index is 12.8. The largest absolute Gasteiger partial charge is 0.481 e. The Hall–Kier alpha value is -2.88. The van der Waals surface area contributed by atoms with E-state index in [1.165, 1.54) is 0 Å². The lowest BCUT2D eigenvalue weighted by atomic mass is 9.66. The van der Waals surface area contributed by atoms with Gasteiger partial charge in [-0.25, -0.2) is 0 Å². The Morgan fingerprint density at radius 3 is 1.73 bits per heavy atom. The highest BCUT2D eigenvalue weighted by Crippen LogP contribution is 2.45. The minimum atomic E-state index is -0.984. The van der Waals surface area contributed by atoms with Gasteiger partial charge in [0.05, 0.1) is 18.4 Å². The molecule has 2 aromatic carbocycles. The molecular formula is C22H22O4. The summed E-state index contributed by atoms with van der Waals surface area (Å²) in [5.41, 5.74) is 1.80.